The number of carbonyl (C=O) groups is 1. The molecule has 6 heteroatoms. The van der Waals surface area contributed by atoms with Crippen LogP contribution in [-0.2, 0) is 11.2 Å². The molecule has 2 aliphatic heterocycles. The summed E-state index contributed by atoms with van der Waals surface area (Å²) >= 11 is 6.03. The molecule has 0 saturated heterocycles. The van der Waals surface area contributed by atoms with E-state index in [9.17, 15) is 4.79 Å². The Hall–Kier alpha value is -2.66. The Bertz CT molecular complexity index is 970. The lowest BCUT2D eigenvalue weighted by atomic mass is 9.96. The number of benzene rings is 2. The molecule has 158 valence electrons. The zero-order valence-corrected chi connectivity index (χ0v) is 17.9. The van der Waals surface area contributed by atoms with Crippen molar-refractivity contribution in [3.05, 3.63) is 58.1 Å². The second kappa shape index (κ2) is 9.43. The number of carbonyl (C=O) groups excluding carboxylic acids is 1. The number of hydrogen-bond donors (Lipinski definition) is 1. The molecule has 0 radical (unpaired) electrons. The first kappa shape index (κ1) is 20.6. The third-order valence-electron chi connectivity index (χ3n) is 5.24. The van der Waals surface area contributed by atoms with Gasteiger partial charge < -0.3 is 19.5 Å². The second-order valence-electron chi connectivity index (χ2n) is 7.57. The summed E-state index contributed by atoms with van der Waals surface area (Å²) in [7, 11) is 0. The molecule has 0 aliphatic carbocycles. The maximum atomic E-state index is 12.5. The standard InChI is InChI=1S/C24H26ClNO4/c1-16-12-19(5-6-21(16)25)28-9-2-4-18(27)14-22-20-15-24-23(29-10-3-11-30-24)13-17(20)7-8-26-22/h5-6,12-15,26H,2-4,7-11H2,1H3. The summed E-state index contributed by atoms with van der Waals surface area (Å²) in [6, 6.07) is 9.62. The lowest BCUT2D eigenvalue weighted by molar-refractivity contribution is -0.114. The summed E-state index contributed by atoms with van der Waals surface area (Å²) in [5.41, 5.74) is 4.03. The van der Waals surface area contributed by atoms with Gasteiger partial charge in [-0.3, -0.25) is 4.79 Å². The van der Waals surface area contributed by atoms with Crippen molar-refractivity contribution in [2.45, 2.75) is 32.6 Å². The first-order chi connectivity index (χ1) is 14.6. The number of halogens is 1. The molecule has 30 heavy (non-hydrogen) atoms. The molecule has 2 heterocycles. The van der Waals surface area contributed by atoms with Gasteiger partial charge in [-0.2, -0.15) is 0 Å². The van der Waals surface area contributed by atoms with Crippen molar-refractivity contribution < 1.29 is 19.0 Å². The van der Waals surface area contributed by atoms with Crippen molar-refractivity contribution in [2.24, 2.45) is 0 Å². The molecule has 0 unspecified atom stereocenters. The Balaban J connectivity index is 1.37. The maximum Gasteiger partial charge on any atom is 0.161 e. The van der Waals surface area contributed by atoms with Gasteiger partial charge in [-0.15, -0.1) is 0 Å². The zero-order valence-electron chi connectivity index (χ0n) is 17.1. The molecule has 0 aromatic heterocycles. The van der Waals surface area contributed by atoms with Crippen LogP contribution in [0.3, 0.4) is 0 Å². The van der Waals surface area contributed by atoms with Crippen LogP contribution in [-0.4, -0.2) is 32.1 Å². The number of hydrogen-bond acceptors (Lipinski definition) is 5. The molecule has 0 fully saturated rings. The number of aryl methyl sites for hydroxylation is 1. The molecule has 0 spiro atoms. The molecule has 1 N–H and O–H groups in total. The summed E-state index contributed by atoms with van der Waals surface area (Å²) in [5, 5.41) is 4.08. The van der Waals surface area contributed by atoms with Crippen molar-refractivity contribution in [3.8, 4) is 17.2 Å². The van der Waals surface area contributed by atoms with Crippen LogP contribution in [0.25, 0.3) is 5.70 Å². The highest BCUT2D eigenvalue weighted by Gasteiger charge is 2.20. The van der Waals surface area contributed by atoms with Gasteiger partial charge >= 0.3 is 0 Å². The molecule has 0 bridgehead atoms. The van der Waals surface area contributed by atoms with Crippen molar-refractivity contribution in [2.75, 3.05) is 26.4 Å². The van der Waals surface area contributed by atoms with E-state index in [2.05, 4.69) is 11.4 Å². The lowest BCUT2D eigenvalue weighted by Crippen LogP contribution is -2.23. The number of fused-ring (bicyclic) bond motifs is 2. The quantitative estimate of drug-likeness (QED) is 0.533. The summed E-state index contributed by atoms with van der Waals surface area (Å²) in [4.78, 5) is 12.5. The fourth-order valence-corrected chi connectivity index (χ4v) is 3.76. The third-order valence-corrected chi connectivity index (χ3v) is 5.67. The van der Waals surface area contributed by atoms with E-state index in [4.69, 9.17) is 25.8 Å². The van der Waals surface area contributed by atoms with Crippen molar-refractivity contribution in [1.82, 2.24) is 5.32 Å². The van der Waals surface area contributed by atoms with Gasteiger partial charge in [0.2, 0.25) is 0 Å². The predicted molar refractivity (Wildman–Crippen MR) is 118 cm³/mol. The van der Waals surface area contributed by atoms with Gasteiger partial charge in [-0.1, -0.05) is 11.6 Å². The Kier molecular flexibility index (Phi) is 6.48. The third kappa shape index (κ3) is 4.90. The van der Waals surface area contributed by atoms with Gasteiger partial charge in [0, 0.05) is 41.7 Å². The fraction of sp³-hybridized carbons (Fsp3) is 0.375. The average Bonchev–Trinajstić information content (AvgIpc) is 2.97. The molecular formula is C24H26ClNO4. The monoisotopic (exact) mass is 427 g/mol. The number of nitrogens with one attached hydrogen (secondary N) is 1. The number of allylic oxidation sites excluding steroid dienone is 1. The Morgan fingerprint density at radius 2 is 2.00 bits per heavy atom. The highest BCUT2D eigenvalue weighted by Crippen LogP contribution is 2.36. The molecule has 0 amide bonds. The molecule has 2 aromatic carbocycles. The van der Waals surface area contributed by atoms with Gasteiger partial charge in [0.05, 0.1) is 19.8 Å². The lowest BCUT2D eigenvalue weighted by Gasteiger charge is -2.23. The van der Waals surface area contributed by atoms with Gasteiger partial charge in [-0.25, -0.2) is 0 Å². The summed E-state index contributed by atoms with van der Waals surface area (Å²) < 4.78 is 17.3. The number of ketones is 1. The SMILES string of the molecule is Cc1cc(OCCCC(=O)C=C2NCCc3cc4c(cc32)OCCCO4)ccc1Cl. The first-order valence-electron chi connectivity index (χ1n) is 10.4. The fourth-order valence-electron chi connectivity index (χ4n) is 3.64. The minimum Gasteiger partial charge on any atom is -0.494 e. The van der Waals surface area contributed by atoms with Crippen LogP contribution in [0, 0.1) is 6.92 Å². The molecule has 0 atom stereocenters. The van der Waals surface area contributed by atoms with Crippen LogP contribution < -0.4 is 19.5 Å². The summed E-state index contributed by atoms with van der Waals surface area (Å²) in [6.07, 6.45) is 4.55. The highest BCUT2D eigenvalue weighted by atomic mass is 35.5. The first-order valence-corrected chi connectivity index (χ1v) is 10.8. The van der Waals surface area contributed by atoms with Crippen LogP contribution in [0.5, 0.6) is 17.2 Å². The molecule has 5 nitrogen and oxygen atoms in total. The Morgan fingerprint density at radius 1 is 1.20 bits per heavy atom. The summed E-state index contributed by atoms with van der Waals surface area (Å²) in [6.45, 7) is 4.53. The second-order valence-corrected chi connectivity index (χ2v) is 7.98. The van der Waals surface area contributed by atoms with E-state index in [1.54, 1.807) is 6.08 Å². The van der Waals surface area contributed by atoms with E-state index in [1.165, 1.54) is 5.56 Å². The van der Waals surface area contributed by atoms with E-state index in [0.29, 0.717) is 32.7 Å². The Labute approximate surface area is 182 Å². The largest absolute Gasteiger partial charge is 0.494 e. The summed E-state index contributed by atoms with van der Waals surface area (Å²) in [5.74, 6) is 2.40. The Morgan fingerprint density at radius 3 is 2.80 bits per heavy atom. The maximum absolute atomic E-state index is 12.5. The van der Waals surface area contributed by atoms with E-state index >= 15 is 0 Å². The van der Waals surface area contributed by atoms with Gasteiger partial charge in [0.1, 0.15) is 5.75 Å². The molecule has 2 aromatic rings. The molecular weight excluding hydrogens is 402 g/mol. The average molecular weight is 428 g/mol. The van der Waals surface area contributed by atoms with Gasteiger partial charge in [0.15, 0.2) is 17.3 Å². The number of ether oxygens (including phenoxy) is 3. The van der Waals surface area contributed by atoms with Gasteiger partial charge in [0.25, 0.3) is 0 Å². The topological polar surface area (TPSA) is 56.8 Å². The van der Waals surface area contributed by atoms with Crippen LogP contribution >= 0.6 is 11.6 Å². The molecule has 4 rings (SSSR count). The molecule has 0 saturated carbocycles. The van der Waals surface area contributed by atoms with Gasteiger partial charge in [-0.05, 0) is 61.2 Å². The normalized spacial score (nSPS) is 16.4. The van der Waals surface area contributed by atoms with Crippen LogP contribution in [0.1, 0.15) is 36.0 Å². The van der Waals surface area contributed by atoms with E-state index in [0.717, 1.165) is 58.5 Å². The highest BCUT2D eigenvalue weighted by molar-refractivity contribution is 6.31. The molecule has 2 aliphatic rings. The van der Waals surface area contributed by atoms with E-state index in [-0.39, 0.29) is 5.78 Å². The minimum absolute atomic E-state index is 0.0772. The van der Waals surface area contributed by atoms with Crippen LogP contribution in [0.15, 0.2) is 36.4 Å². The van der Waals surface area contributed by atoms with Crippen molar-refractivity contribution >= 4 is 23.1 Å². The predicted octanol–water partition coefficient (Wildman–Crippen LogP) is 4.72. The number of rotatable bonds is 6. The van der Waals surface area contributed by atoms with Crippen LogP contribution in [0.2, 0.25) is 5.02 Å². The minimum atomic E-state index is 0.0772. The smallest absolute Gasteiger partial charge is 0.161 e. The van der Waals surface area contributed by atoms with Crippen molar-refractivity contribution in [1.29, 1.82) is 0 Å². The van der Waals surface area contributed by atoms with Crippen molar-refractivity contribution in [3.63, 3.8) is 0 Å². The van der Waals surface area contributed by atoms with Crippen LogP contribution in [0.4, 0.5) is 0 Å². The van der Waals surface area contributed by atoms with E-state index < -0.39 is 0 Å². The van der Waals surface area contributed by atoms with E-state index in [1.807, 2.05) is 31.2 Å². The zero-order chi connectivity index (χ0) is 20.9.